The molecule has 0 aliphatic rings. The monoisotopic (exact) mass is 349 g/mol. The molecular formula is C10H12F9NO2. The summed E-state index contributed by atoms with van der Waals surface area (Å²) in [7, 11) is 0. The summed E-state index contributed by atoms with van der Waals surface area (Å²) >= 11 is 0. The minimum atomic E-state index is -7.02. The highest BCUT2D eigenvalue weighted by atomic mass is 19.4. The summed E-state index contributed by atoms with van der Waals surface area (Å²) in [6.07, 6.45) is -8.87. The number of carbonyl (C=O) groups is 1. The third-order valence-electron chi connectivity index (χ3n) is 2.65. The van der Waals surface area contributed by atoms with Gasteiger partial charge in [-0.1, -0.05) is 13.3 Å². The number of alkyl halides is 9. The smallest absolute Gasteiger partial charge is 0.460 e. The van der Waals surface area contributed by atoms with Gasteiger partial charge in [0.15, 0.2) is 0 Å². The van der Waals surface area contributed by atoms with E-state index in [1.165, 1.54) is 6.92 Å². The fraction of sp³-hybridized carbons (Fsp3) is 0.900. The molecule has 3 nitrogen and oxygen atoms in total. The van der Waals surface area contributed by atoms with Crippen LogP contribution in [0.25, 0.3) is 0 Å². The summed E-state index contributed by atoms with van der Waals surface area (Å²) in [6, 6.07) is 0. The first-order valence-corrected chi connectivity index (χ1v) is 5.80. The van der Waals surface area contributed by atoms with Crippen LogP contribution in [0.4, 0.5) is 44.3 Å². The van der Waals surface area contributed by atoms with E-state index in [1.54, 1.807) is 0 Å². The van der Waals surface area contributed by atoms with Crippen LogP contribution >= 0.6 is 0 Å². The Morgan fingerprint density at radius 1 is 0.955 bits per heavy atom. The molecule has 0 aromatic rings. The van der Waals surface area contributed by atoms with Gasteiger partial charge in [0.1, 0.15) is 0 Å². The standard InChI is InChI=1S/C10H12F9NO2/c1-2-3-4-20(6(21)22)5-7(11,12)8(13,14)9(15,16)10(17,18)19/h2-5H2,1H3,(H,21,22). The first-order valence-electron chi connectivity index (χ1n) is 5.80. The molecule has 0 unspecified atom stereocenters. The molecule has 0 aromatic heterocycles. The predicted molar refractivity (Wildman–Crippen MR) is 55.4 cm³/mol. The molecule has 0 saturated heterocycles. The van der Waals surface area contributed by atoms with Gasteiger partial charge in [-0.15, -0.1) is 0 Å². The zero-order valence-electron chi connectivity index (χ0n) is 11.0. The van der Waals surface area contributed by atoms with Gasteiger partial charge in [0.2, 0.25) is 0 Å². The van der Waals surface area contributed by atoms with Crippen LogP contribution in [0.3, 0.4) is 0 Å². The van der Waals surface area contributed by atoms with Gasteiger partial charge in [0.25, 0.3) is 0 Å². The minimum Gasteiger partial charge on any atom is -0.465 e. The van der Waals surface area contributed by atoms with Gasteiger partial charge in [0.05, 0.1) is 6.54 Å². The Bertz CT molecular complexity index is 394. The molecular weight excluding hydrogens is 337 g/mol. The molecule has 0 radical (unpaired) electrons. The average molecular weight is 349 g/mol. The van der Waals surface area contributed by atoms with Crippen molar-refractivity contribution in [2.45, 2.75) is 43.7 Å². The number of hydrogen-bond acceptors (Lipinski definition) is 1. The van der Waals surface area contributed by atoms with Crippen molar-refractivity contribution in [2.75, 3.05) is 13.1 Å². The molecule has 0 saturated carbocycles. The number of rotatable bonds is 7. The van der Waals surface area contributed by atoms with Crippen molar-refractivity contribution >= 4 is 6.09 Å². The van der Waals surface area contributed by atoms with Crippen LogP contribution < -0.4 is 0 Å². The highest BCUT2D eigenvalue weighted by Crippen LogP contribution is 2.53. The third kappa shape index (κ3) is 3.88. The first-order chi connectivity index (χ1) is 9.62. The van der Waals surface area contributed by atoms with Crippen molar-refractivity contribution in [1.82, 2.24) is 4.90 Å². The fourth-order valence-electron chi connectivity index (χ4n) is 1.34. The van der Waals surface area contributed by atoms with E-state index >= 15 is 0 Å². The van der Waals surface area contributed by atoms with Crippen molar-refractivity contribution in [2.24, 2.45) is 0 Å². The van der Waals surface area contributed by atoms with Gasteiger partial charge in [-0.05, 0) is 6.42 Å². The van der Waals surface area contributed by atoms with Crippen LogP contribution in [-0.4, -0.2) is 53.1 Å². The number of unbranched alkanes of at least 4 members (excludes halogenated alkanes) is 1. The highest BCUT2D eigenvalue weighted by molar-refractivity contribution is 5.65. The first kappa shape index (κ1) is 20.6. The molecule has 132 valence electrons. The maximum Gasteiger partial charge on any atom is 0.460 e. The van der Waals surface area contributed by atoms with Crippen LogP contribution in [0.2, 0.25) is 0 Å². The summed E-state index contributed by atoms with van der Waals surface area (Å²) in [5.41, 5.74) is 0. The molecule has 0 rings (SSSR count). The van der Waals surface area contributed by atoms with E-state index in [1.807, 2.05) is 0 Å². The molecule has 0 aliphatic heterocycles. The molecule has 0 atom stereocenters. The van der Waals surface area contributed by atoms with Crippen molar-refractivity contribution in [3.05, 3.63) is 0 Å². The summed E-state index contributed by atoms with van der Waals surface area (Å²) in [5, 5.41) is 8.53. The lowest BCUT2D eigenvalue weighted by molar-refractivity contribution is -0.396. The van der Waals surface area contributed by atoms with Crippen molar-refractivity contribution < 1.29 is 49.4 Å². The quantitative estimate of drug-likeness (QED) is 0.699. The molecule has 0 spiro atoms. The zero-order chi connectivity index (χ0) is 18.0. The fourth-order valence-corrected chi connectivity index (χ4v) is 1.34. The Kier molecular flexibility index (Phi) is 6.01. The highest BCUT2D eigenvalue weighted by Gasteiger charge is 2.81. The third-order valence-corrected chi connectivity index (χ3v) is 2.65. The Hall–Kier alpha value is -1.36. The van der Waals surface area contributed by atoms with Crippen LogP contribution in [0.15, 0.2) is 0 Å². The largest absolute Gasteiger partial charge is 0.465 e. The Morgan fingerprint density at radius 2 is 1.41 bits per heavy atom. The van der Waals surface area contributed by atoms with E-state index in [2.05, 4.69) is 0 Å². The predicted octanol–water partition coefficient (Wildman–Crippen LogP) is 4.23. The molecule has 0 aliphatic carbocycles. The van der Waals surface area contributed by atoms with E-state index in [0.29, 0.717) is 0 Å². The van der Waals surface area contributed by atoms with E-state index in [9.17, 15) is 44.3 Å². The number of nitrogens with zero attached hydrogens (tertiary/aromatic N) is 1. The van der Waals surface area contributed by atoms with Crippen molar-refractivity contribution in [1.29, 1.82) is 0 Å². The number of hydrogen-bond donors (Lipinski definition) is 1. The molecule has 0 heterocycles. The summed E-state index contributed by atoms with van der Waals surface area (Å²) in [6.45, 7) is -1.71. The number of amides is 1. The summed E-state index contributed by atoms with van der Waals surface area (Å²) in [5.74, 6) is -19.7. The van der Waals surface area contributed by atoms with E-state index < -0.39 is 43.1 Å². The minimum absolute atomic E-state index is 0.0659. The van der Waals surface area contributed by atoms with Gasteiger partial charge in [-0.3, -0.25) is 0 Å². The maximum atomic E-state index is 13.2. The molecule has 0 bridgehead atoms. The van der Waals surface area contributed by atoms with Crippen LogP contribution in [0, 0.1) is 0 Å². The SMILES string of the molecule is CCCCN(CC(F)(F)C(F)(F)C(F)(F)C(F)(F)F)C(=O)O. The lowest BCUT2D eigenvalue weighted by Crippen LogP contribution is -2.63. The van der Waals surface area contributed by atoms with Gasteiger partial charge in [-0.25, -0.2) is 4.79 Å². The molecule has 0 aromatic carbocycles. The summed E-state index contributed by atoms with van der Waals surface area (Å²) in [4.78, 5) is 10.3. The van der Waals surface area contributed by atoms with Crippen LogP contribution in [0.1, 0.15) is 19.8 Å². The van der Waals surface area contributed by atoms with E-state index in [4.69, 9.17) is 5.11 Å². The number of carboxylic acid groups (broad SMARTS) is 1. The second kappa shape index (κ2) is 6.41. The Morgan fingerprint density at radius 3 is 1.73 bits per heavy atom. The van der Waals surface area contributed by atoms with Crippen molar-refractivity contribution in [3.63, 3.8) is 0 Å². The Balaban J connectivity index is 5.46. The van der Waals surface area contributed by atoms with E-state index in [-0.39, 0.29) is 17.7 Å². The molecule has 1 N–H and O–H groups in total. The lowest BCUT2D eigenvalue weighted by Gasteiger charge is -2.35. The zero-order valence-corrected chi connectivity index (χ0v) is 11.0. The molecule has 22 heavy (non-hydrogen) atoms. The van der Waals surface area contributed by atoms with Gasteiger partial charge in [0, 0.05) is 6.54 Å². The second-order valence-electron chi connectivity index (χ2n) is 4.41. The van der Waals surface area contributed by atoms with Gasteiger partial charge < -0.3 is 10.0 Å². The molecule has 1 amide bonds. The Labute approximate surface area is 118 Å². The summed E-state index contributed by atoms with van der Waals surface area (Å²) < 4.78 is 113. The topological polar surface area (TPSA) is 40.5 Å². The van der Waals surface area contributed by atoms with Gasteiger partial charge in [-0.2, -0.15) is 39.5 Å². The maximum absolute atomic E-state index is 13.2. The second-order valence-corrected chi connectivity index (χ2v) is 4.41. The van der Waals surface area contributed by atoms with Crippen molar-refractivity contribution in [3.8, 4) is 0 Å². The lowest BCUT2D eigenvalue weighted by atomic mass is 10.0. The normalized spacial score (nSPS) is 14.1. The van der Waals surface area contributed by atoms with Crippen LogP contribution in [0.5, 0.6) is 0 Å². The average Bonchev–Trinajstić information content (AvgIpc) is 2.32. The van der Waals surface area contributed by atoms with Crippen LogP contribution in [-0.2, 0) is 0 Å². The van der Waals surface area contributed by atoms with E-state index in [0.717, 1.165) is 0 Å². The number of halogens is 9. The van der Waals surface area contributed by atoms with Gasteiger partial charge >= 0.3 is 30.0 Å². The molecule has 0 fully saturated rings. The molecule has 12 heteroatoms.